The number of phenolic OH excluding ortho intramolecular Hbond substituents is 1. The van der Waals surface area contributed by atoms with Crippen LogP contribution in [0.25, 0.3) is 0 Å². The average Bonchev–Trinajstić information content (AvgIpc) is 2.69. The summed E-state index contributed by atoms with van der Waals surface area (Å²) >= 11 is 0. The summed E-state index contributed by atoms with van der Waals surface area (Å²) in [6.07, 6.45) is 3.41. The van der Waals surface area contributed by atoms with Crippen LogP contribution in [0.1, 0.15) is 47.7 Å². The highest BCUT2D eigenvalue weighted by molar-refractivity contribution is 6.04. The van der Waals surface area contributed by atoms with Crippen molar-refractivity contribution in [2.45, 2.75) is 40.0 Å². The van der Waals surface area contributed by atoms with Gasteiger partial charge in [-0.2, -0.15) is 0 Å². The number of anilines is 1. The fraction of sp³-hybridized carbons (Fsp3) is 0.375. The number of hydrogen-bond acceptors (Lipinski definition) is 5. The van der Waals surface area contributed by atoms with Gasteiger partial charge in [0.2, 0.25) is 5.91 Å². The number of rotatable bonds is 8. The lowest BCUT2D eigenvalue weighted by atomic mass is 9.85. The average molecular weight is 440 g/mol. The molecule has 1 atom stereocenters. The van der Waals surface area contributed by atoms with Gasteiger partial charge in [0.05, 0.1) is 5.56 Å². The molecule has 4 N–H and O–H groups in total. The number of aliphatic carboxylic acids is 1. The normalized spacial score (nSPS) is 14.2. The molecule has 1 aliphatic carbocycles. The Morgan fingerprint density at radius 1 is 1.12 bits per heavy atom. The topological polar surface area (TPSA) is 125 Å². The summed E-state index contributed by atoms with van der Waals surface area (Å²) in [5, 5.41) is 24.6. The van der Waals surface area contributed by atoms with Gasteiger partial charge in [-0.3, -0.25) is 14.4 Å². The molecule has 3 rings (SSSR count). The van der Waals surface area contributed by atoms with E-state index in [9.17, 15) is 19.5 Å². The summed E-state index contributed by atoms with van der Waals surface area (Å²) < 4.78 is 5.99. The molecule has 1 unspecified atom stereocenters. The third-order valence-corrected chi connectivity index (χ3v) is 5.70. The largest absolute Gasteiger partial charge is 0.507 e. The molecule has 8 nitrogen and oxygen atoms in total. The van der Waals surface area contributed by atoms with E-state index in [-0.39, 0.29) is 17.2 Å². The molecule has 0 heterocycles. The predicted molar refractivity (Wildman–Crippen MR) is 119 cm³/mol. The van der Waals surface area contributed by atoms with E-state index in [1.165, 1.54) is 25.5 Å². The van der Waals surface area contributed by atoms with E-state index < -0.39 is 17.8 Å². The number of aryl methyl sites for hydroxylation is 2. The van der Waals surface area contributed by atoms with E-state index in [1.807, 2.05) is 0 Å². The molecule has 0 spiro atoms. The molecule has 1 fully saturated rings. The van der Waals surface area contributed by atoms with Crippen molar-refractivity contribution in [3.63, 3.8) is 0 Å². The van der Waals surface area contributed by atoms with Crippen LogP contribution in [-0.4, -0.2) is 34.5 Å². The number of aromatic hydroxyl groups is 1. The van der Waals surface area contributed by atoms with Crippen LogP contribution in [0.3, 0.4) is 0 Å². The number of carbonyl (C=O) groups is 3. The zero-order valence-electron chi connectivity index (χ0n) is 18.4. The van der Waals surface area contributed by atoms with E-state index in [4.69, 9.17) is 9.84 Å². The minimum Gasteiger partial charge on any atom is -0.507 e. The van der Waals surface area contributed by atoms with E-state index >= 15 is 0 Å². The van der Waals surface area contributed by atoms with Gasteiger partial charge < -0.3 is 25.6 Å². The molecular formula is C24H28N2O6. The van der Waals surface area contributed by atoms with Crippen molar-refractivity contribution in [3.8, 4) is 17.2 Å². The molecule has 0 saturated heterocycles. The van der Waals surface area contributed by atoms with Gasteiger partial charge in [0.25, 0.3) is 5.91 Å². The Balaban J connectivity index is 1.74. The summed E-state index contributed by atoms with van der Waals surface area (Å²) in [5.74, 6) is -2.01. The summed E-state index contributed by atoms with van der Waals surface area (Å²) in [5.41, 5.74) is 2.04. The SMILES string of the molecule is Cc1cc(NC(=O)C(C)C(=O)O)cc(C)c1Oc1ccc(O)c(C(=O)NCC2CCC2)c1. The smallest absolute Gasteiger partial charge is 0.315 e. The van der Waals surface area contributed by atoms with Crippen molar-refractivity contribution in [3.05, 3.63) is 47.0 Å². The molecule has 32 heavy (non-hydrogen) atoms. The first-order valence-electron chi connectivity index (χ1n) is 10.6. The Hall–Kier alpha value is -3.55. The maximum Gasteiger partial charge on any atom is 0.315 e. The van der Waals surface area contributed by atoms with Gasteiger partial charge in [0.15, 0.2) is 0 Å². The molecule has 2 aromatic carbocycles. The Morgan fingerprint density at radius 2 is 1.78 bits per heavy atom. The van der Waals surface area contributed by atoms with E-state index in [1.54, 1.807) is 32.0 Å². The molecule has 0 radical (unpaired) electrons. The number of benzene rings is 2. The third kappa shape index (κ3) is 5.38. The molecule has 0 bridgehead atoms. The molecule has 0 aliphatic heterocycles. The number of carboxylic acids is 1. The standard InChI is InChI=1S/C24H28N2O6/c1-13-9-17(26-22(28)15(3)24(30)31)10-14(2)21(13)32-18-7-8-20(27)19(11-18)23(29)25-12-16-5-4-6-16/h7-11,15-16,27H,4-6,12H2,1-3H3,(H,25,29)(H,26,28)(H,30,31). The summed E-state index contributed by atoms with van der Waals surface area (Å²) in [7, 11) is 0. The number of carboxylic acid groups (broad SMARTS) is 1. The van der Waals surface area contributed by atoms with Crippen molar-refractivity contribution >= 4 is 23.5 Å². The van der Waals surface area contributed by atoms with Crippen LogP contribution in [0.15, 0.2) is 30.3 Å². The lowest BCUT2D eigenvalue weighted by Crippen LogP contribution is -2.32. The maximum absolute atomic E-state index is 12.5. The van der Waals surface area contributed by atoms with Crippen LogP contribution in [-0.2, 0) is 9.59 Å². The highest BCUT2D eigenvalue weighted by Crippen LogP contribution is 2.33. The molecular weight excluding hydrogens is 412 g/mol. The van der Waals surface area contributed by atoms with Crippen LogP contribution < -0.4 is 15.4 Å². The van der Waals surface area contributed by atoms with Crippen molar-refractivity contribution in [1.82, 2.24) is 5.32 Å². The zero-order chi connectivity index (χ0) is 23.4. The number of amides is 2. The van der Waals surface area contributed by atoms with Gasteiger partial charge >= 0.3 is 5.97 Å². The number of hydrogen-bond donors (Lipinski definition) is 4. The predicted octanol–water partition coefficient (Wildman–Crippen LogP) is 3.99. The molecule has 1 aliphatic rings. The summed E-state index contributed by atoms with van der Waals surface area (Å²) in [6.45, 7) is 5.51. The quantitative estimate of drug-likeness (QED) is 0.460. The van der Waals surface area contributed by atoms with Crippen molar-refractivity contribution in [1.29, 1.82) is 0 Å². The first-order valence-corrected chi connectivity index (χ1v) is 10.6. The molecule has 1 saturated carbocycles. The summed E-state index contributed by atoms with van der Waals surface area (Å²) in [6, 6.07) is 7.85. The first kappa shape index (κ1) is 23.1. The second kappa shape index (κ2) is 9.72. The number of carbonyl (C=O) groups excluding carboxylic acids is 2. The van der Waals surface area contributed by atoms with Gasteiger partial charge in [0, 0.05) is 12.2 Å². The molecule has 170 valence electrons. The van der Waals surface area contributed by atoms with E-state index in [0.29, 0.717) is 40.8 Å². The van der Waals surface area contributed by atoms with Crippen molar-refractivity contribution < 1.29 is 29.3 Å². The third-order valence-electron chi connectivity index (χ3n) is 5.70. The Labute approximate surface area is 186 Å². The second-order valence-electron chi connectivity index (χ2n) is 8.28. The van der Waals surface area contributed by atoms with Gasteiger partial charge in [0.1, 0.15) is 23.2 Å². The first-order chi connectivity index (χ1) is 15.2. The fourth-order valence-electron chi connectivity index (χ4n) is 3.45. The minimum atomic E-state index is -1.20. The van der Waals surface area contributed by atoms with Gasteiger partial charge in [-0.1, -0.05) is 6.42 Å². The van der Waals surface area contributed by atoms with Crippen LogP contribution in [0.5, 0.6) is 17.2 Å². The second-order valence-corrected chi connectivity index (χ2v) is 8.28. The summed E-state index contributed by atoms with van der Waals surface area (Å²) in [4.78, 5) is 35.5. The van der Waals surface area contributed by atoms with Crippen molar-refractivity contribution in [2.24, 2.45) is 11.8 Å². The number of ether oxygens (including phenoxy) is 1. The Morgan fingerprint density at radius 3 is 2.34 bits per heavy atom. The minimum absolute atomic E-state index is 0.123. The highest BCUT2D eigenvalue weighted by atomic mass is 16.5. The fourth-order valence-corrected chi connectivity index (χ4v) is 3.45. The Bertz CT molecular complexity index is 1020. The number of phenols is 1. The molecule has 0 aromatic heterocycles. The zero-order valence-corrected chi connectivity index (χ0v) is 18.4. The van der Waals surface area contributed by atoms with E-state index in [0.717, 1.165) is 12.8 Å². The monoisotopic (exact) mass is 440 g/mol. The van der Waals surface area contributed by atoms with Crippen LogP contribution in [0.2, 0.25) is 0 Å². The van der Waals surface area contributed by atoms with Gasteiger partial charge in [-0.15, -0.1) is 0 Å². The lowest BCUT2D eigenvalue weighted by Gasteiger charge is -2.25. The van der Waals surface area contributed by atoms with Crippen LogP contribution >= 0.6 is 0 Å². The van der Waals surface area contributed by atoms with Gasteiger partial charge in [-0.05, 0) is 81.0 Å². The van der Waals surface area contributed by atoms with Gasteiger partial charge in [-0.25, -0.2) is 0 Å². The molecule has 8 heteroatoms. The maximum atomic E-state index is 12.5. The lowest BCUT2D eigenvalue weighted by molar-refractivity contribution is -0.144. The Kier molecular flexibility index (Phi) is 7.02. The highest BCUT2D eigenvalue weighted by Gasteiger charge is 2.22. The van der Waals surface area contributed by atoms with Crippen LogP contribution in [0, 0.1) is 25.7 Å². The number of nitrogens with one attached hydrogen (secondary N) is 2. The van der Waals surface area contributed by atoms with Crippen molar-refractivity contribution in [2.75, 3.05) is 11.9 Å². The molecule has 2 amide bonds. The molecule has 2 aromatic rings. The van der Waals surface area contributed by atoms with Crippen LogP contribution in [0.4, 0.5) is 5.69 Å². The van der Waals surface area contributed by atoms with E-state index in [2.05, 4.69) is 10.6 Å².